The Kier molecular flexibility index (Phi) is 6.83. The van der Waals surface area contributed by atoms with E-state index in [1.165, 1.54) is 44.4 Å². The molecule has 0 unspecified atom stereocenters. The highest BCUT2D eigenvalue weighted by atomic mass is 14.8. The summed E-state index contributed by atoms with van der Waals surface area (Å²) in [7, 11) is 0. The lowest BCUT2D eigenvalue weighted by molar-refractivity contribution is 0.906. The van der Waals surface area contributed by atoms with Gasteiger partial charge in [0.2, 0.25) is 0 Å². The second kappa shape index (κ2) is 10.1. The van der Waals surface area contributed by atoms with Crippen molar-refractivity contribution in [3.8, 4) is 0 Å². The third kappa shape index (κ3) is 4.18. The molecule has 8 bridgehead atoms. The quantitative estimate of drug-likeness (QED) is 0.250. The first kappa shape index (κ1) is 25.7. The topological polar surface area (TPSA) is 63.2 Å². The van der Waals surface area contributed by atoms with E-state index in [1.807, 2.05) is 12.2 Å². The molecule has 4 aromatic heterocycles. The van der Waals surface area contributed by atoms with Crippen LogP contribution in [0, 0.1) is 27.7 Å². The van der Waals surface area contributed by atoms with Crippen LogP contribution < -0.4 is 21.4 Å². The molecular weight excluding hydrogens is 464 g/mol. The van der Waals surface area contributed by atoms with Gasteiger partial charge in [-0.1, -0.05) is 52.0 Å². The van der Waals surface area contributed by atoms with Gasteiger partial charge in [0.1, 0.15) is 0 Å². The molecule has 0 fully saturated rings. The van der Waals surface area contributed by atoms with E-state index in [0.717, 1.165) is 69.9 Å². The number of nitrogens with one attached hydrogen (secondary N) is 4. The van der Waals surface area contributed by atoms with Crippen LogP contribution in [0.2, 0.25) is 0 Å². The first-order valence-electron chi connectivity index (χ1n) is 13.8. The van der Waals surface area contributed by atoms with Crippen molar-refractivity contribution < 1.29 is 0 Å². The largest absolute Gasteiger partial charge is 0.355 e. The first-order chi connectivity index (χ1) is 18.3. The number of fused-ring (bicyclic) bond motifs is 8. The molecule has 196 valence electrons. The van der Waals surface area contributed by atoms with Gasteiger partial charge in [-0.3, -0.25) is 0 Å². The van der Waals surface area contributed by atoms with E-state index in [1.54, 1.807) is 0 Å². The highest BCUT2D eigenvalue weighted by molar-refractivity contribution is 5.72. The van der Waals surface area contributed by atoms with Crippen molar-refractivity contribution in [1.82, 2.24) is 19.9 Å². The van der Waals surface area contributed by atoms with Crippen LogP contribution in [0.3, 0.4) is 0 Å². The van der Waals surface area contributed by atoms with Crippen LogP contribution in [0.1, 0.15) is 94.0 Å². The van der Waals surface area contributed by atoms with Crippen molar-refractivity contribution in [3.63, 3.8) is 0 Å². The average molecular weight is 505 g/mol. The molecule has 4 N–H and O–H groups in total. The molecule has 0 radical (unpaired) electrons. The molecule has 4 heteroatoms. The Morgan fingerprint density at radius 3 is 1.74 bits per heavy atom. The van der Waals surface area contributed by atoms with Gasteiger partial charge in [-0.15, -0.1) is 0 Å². The minimum absolute atomic E-state index is 1.04. The molecule has 4 nitrogen and oxygen atoms in total. The zero-order chi connectivity index (χ0) is 27.1. The molecule has 1 aliphatic rings. The van der Waals surface area contributed by atoms with Gasteiger partial charge in [0.15, 0.2) is 0 Å². The fourth-order valence-electron chi connectivity index (χ4n) is 5.96. The summed E-state index contributed by atoms with van der Waals surface area (Å²) in [4.78, 5) is 14.9. The lowest BCUT2D eigenvalue weighted by Gasteiger charge is -2.01. The molecule has 5 heterocycles. The van der Waals surface area contributed by atoms with Crippen molar-refractivity contribution in [2.75, 3.05) is 0 Å². The number of hydrogen-bond acceptors (Lipinski definition) is 0. The molecule has 0 spiro atoms. The Labute approximate surface area is 225 Å². The van der Waals surface area contributed by atoms with E-state index in [2.05, 4.69) is 98.9 Å². The molecule has 5 rings (SSSR count). The number of H-pyrrole nitrogens is 4. The zero-order valence-corrected chi connectivity index (χ0v) is 23.7. The lowest BCUT2D eigenvalue weighted by Crippen LogP contribution is -2.13. The SMILES string of the molecule is C=Cc1c2[nH]c(c1C)C=c1[nH]c(c(CCC)c1C)=Cc1[nH]c(c(C)c1CCC)C=c1[nH]c(c(C)c1C=C)=C2. The van der Waals surface area contributed by atoms with Gasteiger partial charge in [-0.05, 0) is 98.2 Å². The van der Waals surface area contributed by atoms with Crippen LogP contribution in [0.25, 0.3) is 36.5 Å². The summed E-state index contributed by atoms with van der Waals surface area (Å²) in [5.74, 6) is 0. The van der Waals surface area contributed by atoms with Gasteiger partial charge in [-0.25, -0.2) is 0 Å². The molecule has 0 aliphatic carbocycles. The second-order valence-corrected chi connectivity index (χ2v) is 10.6. The van der Waals surface area contributed by atoms with Gasteiger partial charge in [0.05, 0.1) is 0 Å². The van der Waals surface area contributed by atoms with E-state index < -0.39 is 0 Å². The Morgan fingerprint density at radius 1 is 0.526 bits per heavy atom. The second-order valence-electron chi connectivity index (χ2n) is 10.6. The number of aromatic nitrogens is 4. The normalized spacial score (nSPS) is 12.4. The van der Waals surface area contributed by atoms with Crippen molar-refractivity contribution in [1.29, 1.82) is 0 Å². The standard InChI is InChI=1S/C34H40N4/c1-9-13-25-21(7)28-15-27-19(5)23(11-3)31(35-27)16-29-20(6)24(12-4)32(36-29)17-30-22(8)26(14-10-2)34(38-30)18-33(25)37-28/h11-12,15-18,35-38H,3-4,9-10,13-14H2,1-2,5-8H3. The maximum absolute atomic E-state index is 4.13. The molecule has 0 atom stereocenters. The first-order valence-corrected chi connectivity index (χ1v) is 13.8. The highest BCUT2D eigenvalue weighted by Crippen LogP contribution is 2.23. The van der Waals surface area contributed by atoms with Gasteiger partial charge < -0.3 is 19.9 Å². The minimum atomic E-state index is 1.04. The van der Waals surface area contributed by atoms with Gasteiger partial charge in [0, 0.05) is 55.3 Å². The van der Waals surface area contributed by atoms with Crippen LogP contribution in [-0.4, -0.2) is 19.9 Å². The van der Waals surface area contributed by atoms with Crippen LogP contribution >= 0.6 is 0 Å². The Balaban J connectivity index is 1.96. The Morgan fingerprint density at radius 2 is 1.05 bits per heavy atom. The van der Waals surface area contributed by atoms with Crippen LogP contribution in [-0.2, 0) is 12.8 Å². The molecule has 0 saturated carbocycles. The predicted octanol–water partition coefficient (Wildman–Crippen LogP) is 5.05. The molecule has 1 aliphatic heterocycles. The number of hydrogen-bond donors (Lipinski definition) is 4. The third-order valence-electron chi connectivity index (χ3n) is 8.20. The summed E-state index contributed by atoms with van der Waals surface area (Å²) in [5.41, 5.74) is 14.5. The fourth-order valence-corrected chi connectivity index (χ4v) is 5.96. The average Bonchev–Trinajstić information content (AvgIpc) is 3.55. The van der Waals surface area contributed by atoms with Crippen LogP contribution in [0.15, 0.2) is 13.2 Å². The van der Waals surface area contributed by atoms with Crippen LogP contribution in [0.4, 0.5) is 0 Å². The summed E-state index contributed by atoms with van der Waals surface area (Å²) in [5, 5.41) is 4.48. The van der Waals surface area contributed by atoms with E-state index in [-0.39, 0.29) is 0 Å². The van der Waals surface area contributed by atoms with Crippen molar-refractivity contribution in [3.05, 3.63) is 102 Å². The monoisotopic (exact) mass is 504 g/mol. The molecular formula is C34H40N4. The molecule has 0 saturated heterocycles. The molecule has 0 aromatic carbocycles. The van der Waals surface area contributed by atoms with Crippen molar-refractivity contribution in [2.45, 2.75) is 67.2 Å². The summed E-state index contributed by atoms with van der Waals surface area (Å²) in [6.07, 6.45) is 17.2. The van der Waals surface area contributed by atoms with Crippen LogP contribution in [0.5, 0.6) is 0 Å². The van der Waals surface area contributed by atoms with Gasteiger partial charge in [-0.2, -0.15) is 0 Å². The summed E-state index contributed by atoms with van der Waals surface area (Å²) >= 11 is 0. The lowest BCUT2D eigenvalue weighted by atomic mass is 10.0. The number of rotatable bonds is 6. The smallest absolute Gasteiger partial charge is 0.0482 e. The molecule has 0 amide bonds. The fraction of sp³-hybridized carbons (Fsp3) is 0.294. The van der Waals surface area contributed by atoms with Gasteiger partial charge >= 0.3 is 0 Å². The highest BCUT2D eigenvalue weighted by Gasteiger charge is 2.15. The Bertz CT molecular complexity index is 1810. The minimum Gasteiger partial charge on any atom is -0.355 e. The van der Waals surface area contributed by atoms with E-state index in [0.29, 0.717) is 0 Å². The van der Waals surface area contributed by atoms with E-state index in [9.17, 15) is 0 Å². The molecule has 4 aromatic rings. The zero-order valence-electron chi connectivity index (χ0n) is 23.7. The summed E-state index contributed by atoms with van der Waals surface area (Å²) in [6, 6.07) is 0. The third-order valence-corrected chi connectivity index (χ3v) is 8.20. The van der Waals surface area contributed by atoms with E-state index in [4.69, 9.17) is 0 Å². The van der Waals surface area contributed by atoms with Gasteiger partial charge in [0.25, 0.3) is 0 Å². The maximum Gasteiger partial charge on any atom is 0.0482 e. The predicted molar refractivity (Wildman–Crippen MR) is 163 cm³/mol. The van der Waals surface area contributed by atoms with Crippen molar-refractivity contribution >= 4 is 36.5 Å². The van der Waals surface area contributed by atoms with Crippen molar-refractivity contribution in [2.24, 2.45) is 0 Å². The summed E-state index contributed by atoms with van der Waals surface area (Å²) < 4.78 is 0. The molecule has 38 heavy (non-hydrogen) atoms. The Hall–Kier alpha value is -3.92. The van der Waals surface area contributed by atoms with E-state index >= 15 is 0 Å². The number of aromatic amines is 4. The maximum atomic E-state index is 4.13. The summed E-state index contributed by atoms with van der Waals surface area (Å²) in [6.45, 7) is 21.6.